The highest BCUT2D eigenvalue weighted by atomic mass is 16.5. The van der Waals surface area contributed by atoms with Crippen LogP contribution in [0.5, 0.6) is 5.75 Å². The van der Waals surface area contributed by atoms with E-state index in [0.717, 1.165) is 44.8 Å². The largest absolute Gasteiger partial charge is 0.493 e. The van der Waals surface area contributed by atoms with Gasteiger partial charge in [-0.15, -0.1) is 0 Å². The van der Waals surface area contributed by atoms with Gasteiger partial charge in [-0.1, -0.05) is 6.07 Å². The van der Waals surface area contributed by atoms with Gasteiger partial charge in [0.25, 0.3) is 0 Å². The summed E-state index contributed by atoms with van der Waals surface area (Å²) in [6.45, 7) is 2.61. The molecule has 0 saturated carbocycles. The number of nitrogens with one attached hydrogen (secondary N) is 1. The molecule has 1 unspecified atom stereocenters. The first-order chi connectivity index (χ1) is 9.36. The van der Waals surface area contributed by atoms with E-state index in [0.29, 0.717) is 12.0 Å². The molecule has 3 nitrogen and oxygen atoms in total. The van der Waals surface area contributed by atoms with Crippen molar-refractivity contribution in [2.75, 3.05) is 26.9 Å². The maximum absolute atomic E-state index is 5.96. The lowest BCUT2D eigenvalue weighted by molar-refractivity contribution is 0.0497. The predicted molar refractivity (Wildman–Crippen MR) is 75.6 cm³/mol. The molecule has 0 bridgehead atoms. The number of hydrogen-bond donors (Lipinski definition) is 1. The van der Waals surface area contributed by atoms with Gasteiger partial charge in [-0.05, 0) is 61.9 Å². The lowest BCUT2D eigenvalue weighted by Crippen LogP contribution is -2.21. The van der Waals surface area contributed by atoms with Gasteiger partial charge in [0.05, 0.1) is 6.61 Å². The van der Waals surface area contributed by atoms with Gasteiger partial charge in [0.1, 0.15) is 5.75 Å². The minimum Gasteiger partial charge on any atom is -0.493 e. The summed E-state index contributed by atoms with van der Waals surface area (Å²) in [5.74, 6) is 1.69. The maximum Gasteiger partial charge on any atom is 0.119 e. The Balaban J connectivity index is 1.60. The Hall–Kier alpha value is -1.06. The maximum atomic E-state index is 5.96. The van der Waals surface area contributed by atoms with Crippen molar-refractivity contribution in [3.8, 4) is 5.75 Å². The molecule has 1 heterocycles. The molecular formula is C16H23NO2. The Morgan fingerprint density at radius 3 is 2.89 bits per heavy atom. The Labute approximate surface area is 115 Å². The number of fused-ring (bicyclic) bond motifs is 1. The molecule has 1 aromatic rings. The molecule has 3 heteroatoms. The molecule has 0 amide bonds. The fourth-order valence-electron chi connectivity index (χ4n) is 3.11. The van der Waals surface area contributed by atoms with Crippen molar-refractivity contribution in [2.45, 2.75) is 31.7 Å². The minimum absolute atomic E-state index is 0.527. The van der Waals surface area contributed by atoms with Crippen LogP contribution >= 0.6 is 0 Å². The fraction of sp³-hybridized carbons (Fsp3) is 0.625. The first kappa shape index (κ1) is 12.9. The van der Waals surface area contributed by atoms with Gasteiger partial charge in [-0.25, -0.2) is 0 Å². The van der Waals surface area contributed by atoms with E-state index in [1.54, 1.807) is 0 Å². The van der Waals surface area contributed by atoms with Crippen LogP contribution in [0.25, 0.3) is 0 Å². The lowest BCUT2D eigenvalue weighted by Gasteiger charge is -2.22. The quantitative estimate of drug-likeness (QED) is 0.904. The Morgan fingerprint density at radius 1 is 1.26 bits per heavy atom. The van der Waals surface area contributed by atoms with Crippen LogP contribution in [0.3, 0.4) is 0 Å². The predicted octanol–water partition coefficient (Wildman–Crippen LogP) is 2.70. The standard InChI is InChI=1S/C16H23NO2/c1-17-16-5-2-13-10-14(3-4-15(13)16)19-11-12-6-8-18-9-7-12/h3-4,10,12,16-17H,2,5-9,11H2,1H3. The molecule has 1 N–H and O–H groups in total. The second kappa shape index (κ2) is 5.93. The second-order valence-electron chi connectivity index (χ2n) is 5.61. The minimum atomic E-state index is 0.527. The van der Waals surface area contributed by atoms with Crippen molar-refractivity contribution in [1.82, 2.24) is 5.32 Å². The van der Waals surface area contributed by atoms with Crippen molar-refractivity contribution in [2.24, 2.45) is 5.92 Å². The van der Waals surface area contributed by atoms with E-state index < -0.39 is 0 Å². The smallest absolute Gasteiger partial charge is 0.119 e. The average molecular weight is 261 g/mol. The lowest BCUT2D eigenvalue weighted by atomic mass is 10.0. The summed E-state index contributed by atoms with van der Waals surface area (Å²) >= 11 is 0. The first-order valence-corrected chi connectivity index (χ1v) is 7.37. The normalized spacial score (nSPS) is 23.3. The highest BCUT2D eigenvalue weighted by molar-refractivity contribution is 5.40. The molecule has 3 rings (SSSR count). The van der Waals surface area contributed by atoms with E-state index in [9.17, 15) is 0 Å². The molecule has 1 aliphatic carbocycles. The molecular weight excluding hydrogens is 238 g/mol. The average Bonchev–Trinajstić information content (AvgIpc) is 2.88. The Kier molecular flexibility index (Phi) is 4.04. The number of benzene rings is 1. The summed E-state index contributed by atoms with van der Waals surface area (Å²) < 4.78 is 11.3. The zero-order chi connectivity index (χ0) is 13.1. The van der Waals surface area contributed by atoms with Crippen LogP contribution in [0.15, 0.2) is 18.2 Å². The van der Waals surface area contributed by atoms with Crippen LogP contribution < -0.4 is 10.1 Å². The van der Waals surface area contributed by atoms with E-state index >= 15 is 0 Å². The van der Waals surface area contributed by atoms with Crippen molar-refractivity contribution < 1.29 is 9.47 Å². The Morgan fingerprint density at radius 2 is 2.11 bits per heavy atom. The second-order valence-corrected chi connectivity index (χ2v) is 5.61. The molecule has 1 fully saturated rings. The van der Waals surface area contributed by atoms with E-state index in [2.05, 4.69) is 23.5 Å². The van der Waals surface area contributed by atoms with Crippen molar-refractivity contribution in [3.05, 3.63) is 29.3 Å². The summed E-state index contributed by atoms with van der Waals surface area (Å²) in [6, 6.07) is 7.10. The molecule has 2 aliphatic rings. The molecule has 19 heavy (non-hydrogen) atoms. The highest BCUT2D eigenvalue weighted by Crippen LogP contribution is 2.33. The number of aryl methyl sites for hydroxylation is 1. The van der Waals surface area contributed by atoms with Crippen molar-refractivity contribution in [3.63, 3.8) is 0 Å². The van der Waals surface area contributed by atoms with Gasteiger partial charge in [-0.3, -0.25) is 0 Å². The Bertz CT molecular complexity index is 427. The van der Waals surface area contributed by atoms with Gasteiger partial charge >= 0.3 is 0 Å². The van der Waals surface area contributed by atoms with Crippen LogP contribution in [0, 0.1) is 5.92 Å². The summed E-state index contributed by atoms with van der Waals surface area (Å²) in [7, 11) is 2.04. The zero-order valence-electron chi connectivity index (χ0n) is 11.7. The van der Waals surface area contributed by atoms with Crippen LogP contribution in [0.2, 0.25) is 0 Å². The van der Waals surface area contributed by atoms with E-state index in [1.165, 1.54) is 17.5 Å². The van der Waals surface area contributed by atoms with Gasteiger partial charge in [0.2, 0.25) is 0 Å². The van der Waals surface area contributed by atoms with E-state index in [4.69, 9.17) is 9.47 Å². The topological polar surface area (TPSA) is 30.5 Å². The first-order valence-electron chi connectivity index (χ1n) is 7.37. The summed E-state index contributed by atoms with van der Waals surface area (Å²) in [4.78, 5) is 0. The van der Waals surface area contributed by atoms with E-state index in [1.807, 2.05) is 7.05 Å². The summed E-state index contributed by atoms with van der Waals surface area (Å²) in [6.07, 6.45) is 4.63. The number of rotatable bonds is 4. The summed E-state index contributed by atoms with van der Waals surface area (Å²) in [5.41, 5.74) is 2.89. The van der Waals surface area contributed by atoms with Crippen molar-refractivity contribution >= 4 is 0 Å². The molecule has 1 aromatic carbocycles. The number of hydrogen-bond acceptors (Lipinski definition) is 3. The zero-order valence-corrected chi connectivity index (χ0v) is 11.7. The monoisotopic (exact) mass is 261 g/mol. The molecule has 0 radical (unpaired) electrons. The van der Waals surface area contributed by atoms with E-state index in [-0.39, 0.29) is 0 Å². The van der Waals surface area contributed by atoms with Crippen LogP contribution in [0.4, 0.5) is 0 Å². The molecule has 1 saturated heterocycles. The third-order valence-electron chi connectivity index (χ3n) is 4.37. The van der Waals surface area contributed by atoms with Crippen LogP contribution in [-0.2, 0) is 11.2 Å². The van der Waals surface area contributed by atoms with Gasteiger partial charge in [0, 0.05) is 19.3 Å². The molecule has 1 atom stereocenters. The molecule has 0 aromatic heterocycles. The highest BCUT2D eigenvalue weighted by Gasteiger charge is 2.21. The molecule has 1 aliphatic heterocycles. The third kappa shape index (κ3) is 2.93. The SMILES string of the molecule is CNC1CCc2cc(OCC3CCOCC3)ccc21. The van der Waals surface area contributed by atoms with Crippen molar-refractivity contribution in [1.29, 1.82) is 0 Å². The van der Waals surface area contributed by atoms with Gasteiger partial charge in [-0.2, -0.15) is 0 Å². The molecule has 104 valence electrons. The number of ether oxygens (including phenoxy) is 2. The van der Waals surface area contributed by atoms with Gasteiger partial charge < -0.3 is 14.8 Å². The van der Waals surface area contributed by atoms with Gasteiger partial charge in [0.15, 0.2) is 0 Å². The van der Waals surface area contributed by atoms with Crippen LogP contribution in [-0.4, -0.2) is 26.9 Å². The fourth-order valence-corrected chi connectivity index (χ4v) is 3.11. The molecule has 0 spiro atoms. The third-order valence-corrected chi connectivity index (χ3v) is 4.37. The van der Waals surface area contributed by atoms with Crippen LogP contribution in [0.1, 0.15) is 36.4 Å². The summed E-state index contributed by atoms with van der Waals surface area (Å²) in [5, 5.41) is 3.37.